The van der Waals surface area contributed by atoms with Gasteiger partial charge in [0.15, 0.2) is 0 Å². The van der Waals surface area contributed by atoms with E-state index in [9.17, 15) is 0 Å². The van der Waals surface area contributed by atoms with Gasteiger partial charge in [0.1, 0.15) is 6.73 Å². The van der Waals surface area contributed by atoms with Gasteiger partial charge in [-0.25, -0.2) is 0 Å². The number of nitrogens with zero attached hydrogens (tertiary/aromatic N) is 1. The number of hydrogen-bond acceptors (Lipinski definition) is 2. The predicted molar refractivity (Wildman–Crippen MR) is 42.0 cm³/mol. The Morgan fingerprint density at radius 1 is 1.64 bits per heavy atom. The molecule has 1 rings (SSSR count). The first-order valence-electron chi connectivity index (χ1n) is 3.71. The highest BCUT2D eigenvalue weighted by Gasteiger charge is 1.96. The normalized spacial score (nSPS) is 10.4. The van der Waals surface area contributed by atoms with Crippen molar-refractivity contribution in [1.82, 2.24) is 4.57 Å². The zero-order chi connectivity index (χ0) is 8.10. The largest absolute Gasteiger partial charge is 0.390 e. The highest BCUT2D eigenvalue weighted by Crippen LogP contribution is 2.01. The average Bonchev–Trinajstić information content (AvgIpc) is 2.47. The first kappa shape index (κ1) is 8.30. The predicted octanol–water partition coefficient (Wildman–Crippen LogP) is 0.974. The molecule has 0 saturated heterocycles. The number of aliphatic hydroxyl groups is 1. The van der Waals surface area contributed by atoms with Gasteiger partial charge >= 0.3 is 0 Å². The zero-order valence-electron chi connectivity index (χ0n) is 6.66. The number of aliphatic hydroxyl groups excluding tert-OH is 1. The Kier molecular flexibility index (Phi) is 3.14. The molecule has 0 amide bonds. The molecule has 0 aliphatic carbocycles. The van der Waals surface area contributed by atoms with Crippen LogP contribution >= 0.6 is 0 Å². The van der Waals surface area contributed by atoms with E-state index in [1.54, 1.807) is 0 Å². The molecule has 1 N–H and O–H groups in total. The lowest BCUT2D eigenvalue weighted by Gasteiger charge is -2.05. The molecule has 0 aromatic carbocycles. The Morgan fingerprint density at radius 3 is 3.09 bits per heavy atom. The minimum absolute atomic E-state index is 0.0695. The Labute approximate surface area is 66.2 Å². The number of ether oxygens (including phenoxy) is 1. The quantitative estimate of drug-likeness (QED) is 0.703. The zero-order valence-corrected chi connectivity index (χ0v) is 6.66. The maximum absolute atomic E-state index is 8.83. The fraction of sp³-hybridized carbons (Fsp3) is 0.500. The van der Waals surface area contributed by atoms with E-state index in [4.69, 9.17) is 9.84 Å². The van der Waals surface area contributed by atoms with Crippen LogP contribution in [-0.2, 0) is 18.1 Å². The van der Waals surface area contributed by atoms with Gasteiger partial charge in [0, 0.05) is 18.5 Å². The van der Waals surface area contributed by atoms with Gasteiger partial charge in [0.2, 0.25) is 0 Å². The molecule has 0 bridgehead atoms. The molecule has 1 heterocycles. The average molecular weight is 155 g/mol. The summed E-state index contributed by atoms with van der Waals surface area (Å²) in [6, 6.07) is 3.77. The maximum Gasteiger partial charge on any atom is 0.122 e. The highest BCUT2D eigenvalue weighted by molar-refractivity contribution is 5.04. The van der Waals surface area contributed by atoms with Gasteiger partial charge in [-0.2, -0.15) is 0 Å². The molecule has 62 valence electrons. The van der Waals surface area contributed by atoms with Gasteiger partial charge in [-0.1, -0.05) is 0 Å². The van der Waals surface area contributed by atoms with Crippen LogP contribution in [0.1, 0.15) is 12.6 Å². The van der Waals surface area contributed by atoms with Crippen molar-refractivity contribution in [1.29, 1.82) is 0 Å². The Balaban J connectivity index is 2.54. The van der Waals surface area contributed by atoms with E-state index in [1.165, 1.54) is 0 Å². The van der Waals surface area contributed by atoms with Crippen molar-refractivity contribution >= 4 is 0 Å². The van der Waals surface area contributed by atoms with Crippen LogP contribution in [0.3, 0.4) is 0 Å². The minimum atomic E-state index is 0.0695. The van der Waals surface area contributed by atoms with Crippen LogP contribution in [0, 0.1) is 0 Å². The summed E-state index contributed by atoms with van der Waals surface area (Å²) in [6.45, 7) is 3.24. The third-order valence-corrected chi connectivity index (χ3v) is 1.52. The Hall–Kier alpha value is -0.800. The molecule has 3 heteroatoms. The molecule has 0 radical (unpaired) electrons. The molecule has 0 spiro atoms. The van der Waals surface area contributed by atoms with Gasteiger partial charge in [0.25, 0.3) is 0 Å². The number of aromatic nitrogens is 1. The summed E-state index contributed by atoms with van der Waals surface area (Å²) in [5.41, 5.74) is 0.887. The molecule has 3 nitrogen and oxygen atoms in total. The molecule has 1 aromatic heterocycles. The second kappa shape index (κ2) is 4.16. The van der Waals surface area contributed by atoms with E-state index in [0.29, 0.717) is 13.3 Å². The van der Waals surface area contributed by atoms with Gasteiger partial charge in [-0.15, -0.1) is 0 Å². The standard InChI is InChI=1S/C8H13NO2/c1-2-11-7-9-5-3-4-8(9)6-10/h3-5,10H,2,6-7H2,1H3. The van der Waals surface area contributed by atoms with E-state index in [1.807, 2.05) is 29.8 Å². The van der Waals surface area contributed by atoms with Crippen molar-refractivity contribution in [3.63, 3.8) is 0 Å². The SMILES string of the molecule is CCOCn1cccc1CO. The third kappa shape index (κ3) is 2.06. The summed E-state index contributed by atoms with van der Waals surface area (Å²) < 4.78 is 7.05. The van der Waals surface area contributed by atoms with Crippen LogP contribution in [0.5, 0.6) is 0 Å². The minimum Gasteiger partial charge on any atom is -0.390 e. The number of hydrogen-bond donors (Lipinski definition) is 1. The van der Waals surface area contributed by atoms with E-state index >= 15 is 0 Å². The summed E-state index contributed by atoms with van der Waals surface area (Å²) in [6.07, 6.45) is 1.89. The molecule has 0 unspecified atom stereocenters. The van der Waals surface area contributed by atoms with Crippen LogP contribution < -0.4 is 0 Å². The van der Waals surface area contributed by atoms with Crippen LogP contribution in [0.15, 0.2) is 18.3 Å². The van der Waals surface area contributed by atoms with Gasteiger partial charge in [0.05, 0.1) is 6.61 Å². The molecular formula is C8H13NO2. The summed E-state index contributed by atoms with van der Waals surface area (Å²) >= 11 is 0. The van der Waals surface area contributed by atoms with Crippen LogP contribution in [0.4, 0.5) is 0 Å². The first-order chi connectivity index (χ1) is 5.38. The van der Waals surface area contributed by atoms with Crippen molar-refractivity contribution in [2.24, 2.45) is 0 Å². The number of rotatable bonds is 4. The van der Waals surface area contributed by atoms with E-state index < -0.39 is 0 Å². The topological polar surface area (TPSA) is 34.4 Å². The van der Waals surface area contributed by atoms with Crippen molar-refractivity contribution in [3.8, 4) is 0 Å². The smallest absolute Gasteiger partial charge is 0.122 e. The monoisotopic (exact) mass is 155 g/mol. The van der Waals surface area contributed by atoms with Crippen LogP contribution in [-0.4, -0.2) is 16.3 Å². The molecule has 0 saturated carbocycles. The van der Waals surface area contributed by atoms with Crippen LogP contribution in [0.2, 0.25) is 0 Å². The molecule has 0 aliphatic heterocycles. The summed E-state index contributed by atoms with van der Waals surface area (Å²) in [7, 11) is 0. The van der Waals surface area contributed by atoms with Gasteiger partial charge < -0.3 is 14.4 Å². The second-order valence-electron chi connectivity index (χ2n) is 2.25. The Bertz CT molecular complexity index is 208. The summed E-state index contributed by atoms with van der Waals surface area (Å²) in [4.78, 5) is 0. The fourth-order valence-corrected chi connectivity index (χ4v) is 0.909. The second-order valence-corrected chi connectivity index (χ2v) is 2.25. The van der Waals surface area contributed by atoms with Crippen molar-refractivity contribution in [2.45, 2.75) is 20.3 Å². The van der Waals surface area contributed by atoms with Crippen molar-refractivity contribution < 1.29 is 9.84 Å². The molecular weight excluding hydrogens is 142 g/mol. The summed E-state index contributed by atoms with van der Waals surface area (Å²) in [5.74, 6) is 0. The molecule has 0 aliphatic rings. The lowest BCUT2D eigenvalue weighted by atomic mass is 10.5. The van der Waals surface area contributed by atoms with Crippen LogP contribution in [0.25, 0.3) is 0 Å². The van der Waals surface area contributed by atoms with Gasteiger partial charge in [-0.3, -0.25) is 0 Å². The lowest BCUT2D eigenvalue weighted by molar-refractivity contribution is 0.0831. The van der Waals surface area contributed by atoms with E-state index in [-0.39, 0.29) is 6.61 Å². The molecule has 0 fully saturated rings. The third-order valence-electron chi connectivity index (χ3n) is 1.52. The van der Waals surface area contributed by atoms with E-state index in [2.05, 4.69) is 0 Å². The Morgan fingerprint density at radius 2 is 2.45 bits per heavy atom. The molecule has 0 atom stereocenters. The summed E-state index contributed by atoms with van der Waals surface area (Å²) in [5, 5.41) is 8.83. The van der Waals surface area contributed by atoms with Gasteiger partial charge in [-0.05, 0) is 19.1 Å². The van der Waals surface area contributed by atoms with Crippen molar-refractivity contribution in [3.05, 3.63) is 24.0 Å². The molecule has 1 aromatic rings. The lowest BCUT2D eigenvalue weighted by Crippen LogP contribution is -2.04. The molecule has 11 heavy (non-hydrogen) atoms. The first-order valence-corrected chi connectivity index (χ1v) is 3.71. The fourth-order valence-electron chi connectivity index (χ4n) is 0.909. The highest BCUT2D eigenvalue weighted by atomic mass is 16.5. The van der Waals surface area contributed by atoms with Crippen molar-refractivity contribution in [2.75, 3.05) is 6.61 Å². The van der Waals surface area contributed by atoms with E-state index in [0.717, 1.165) is 5.69 Å². The maximum atomic E-state index is 8.83.